The number of ether oxygens (including phenoxy) is 3. The second-order valence-electron chi connectivity index (χ2n) is 7.96. The summed E-state index contributed by atoms with van der Waals surface area (Å²) in [5.74, 6) is -0.903. The monoisotopic (exact) mass is 499 g/mol. The Kier molecular flexibility index (Phi) is 7.49. The third kappa shape index (κ3) is 6.17. The molecule has 4 aromatic rings. The molecule has 3 aromatic carbocycles. The van der Waals surface area contributed by atoms with Crippen molar-refractivity contribution in [1.29, 1.82) is 0 Å². The zero-order chi connectivity index (χ0) is 25.7. The standard InChI is InChI=1S/C27H24F3NO5/c1-2-33-26(32)12-20-6-8-22(36-27(28,29)30)13-25(20)35-16-21-15-34-24-9-7-19(11-23(21)24)18-5-3-4-17(10-18)14-31/h3-11,13,15H,2,12,14,16,31H2,1H3. The van der Waals surface area contributed by atoms with Crippen molar-refractivity contribution in [2.75, 3.05) is 6.61 Å². The fraction of sp³-hybridized carbons (Fsp3) is 0.222. The minimum Gasteiger partial charge on any atom is -0.488 e. The van der Waals surface area contributed by atoms with E-state index in [-0.39, 0.29) is 25.4 Å². The number of hydrogen-bond donors (Lipinski definition) is 1. The van der Waals surface area contributed by atoms with Gasteiger partial charge in [0.2, 0.25) is 0 Å². The molecule has 0 unspecified atom stereocenters. The summed E-state index contributed by atoms with van der Waals surface area (Å²) in [6.07, 6.45) is -3.49. The van der Waals surface area contributed by atoms with Gasteiger partial charge in [0.05, 0.1) is 19.3 Å². The first-order valence-corrected chi connectivity index (χ1v) is 11.2. The number of carbonyl (C=O) groups excluding carboxylic acids is 1. The van der Waals surface area contributed by atoms with Gasteiger partial charge in [-0.25, -0.2) is 0 Å². The Labute approximate surface area is 205 Å². The largest absolute Gasteiger partial charge is 0.573 e. The molecule has 0 radical (unpaired) electrons. The van der Waals surface area contributed by atoms with Gasteiger partial charge in [0, 0.05) is 29.1 Å². The lowest BCUT2D eigenvalue weighted by Gasteiger charge is -2.14. The van der Waals surface area contributed by atoms with Crippen molar-refractivity contribution in [2.45, 2.75) is 32.9 Å². The highest BCUT2D eigenvalue weighted by molar-refractivity contribution is 5.86. The minimum atomic E-state index is -4.86. The van der Waals surface area contributed by atoms with Gasteiger partial charge in [-0.2, -0.15) is 0 Å². The summed E-state index contributed by atoms with van der Waals surface area (Å²) in [5, 5.41) is 0.792. The van der Waals surface area contributed by atoms with Crippen molar-refractivity contribution < 1.29 is 36.6 Å². The van der Waals surface area contributed by atoms with Gasteiger partial charge in [-0.1, -0.05) is 30.3 Å². The molecule has 0 spiro atoms. The predicted molar refractivity (Wildman–Crippen MR) is 127 cm³/mol. The molecule has 0 amide bonds. The van der Waals surface area contributed by atoms with Crippen LogP contribution >= 0.6 is 0 Å². The van der Waals surface area contributed by atoms with E-state index in [4.69, 9.17) is 19.6 Å². The molecule has 0 atom stereocenters. The van der Waals surface area contributed by atoms with Crippen molar-refractivity contribution >= 4 is 16.9 Å². The zero-order valence-electron chi connectivity index (χ0n) is 19.4. The molecule has 0 saturated carbocycles. The summed E-state index contributed by atoms with van der Waals surface area (Å²) < 4.78 is 58.7. The lowest BCUT2D eigenvalue weighted by atomic mass is 10.0. The molecular weight excluding hydrogens is 475 g/mol. The molecule has 1 heterocycles. The number of halogens is 3. The highest BCUT2D eigenvalue weighted by Gasteiger charge is 2.31. The van der Waals surface area contributed by atoms with Gasteiger partial charge in [-0.15, -0.1) is 13.2 Å². The quantitative estimate of drug-likeness (QED) is 0.279. The van der Waals surface area contributed by atoms with Crippen molar-refractivity contribution in [2.24, 2.45) is 5.73 Å². The van der Waals surface area contributed by atoms with E-state index in [1.54, 1.807) is 6.92 Å². The van der Waals surface area contributed by atoms with Gasteiger partial charge in [0.25, 0.3) is 0 Å². The van der Waals surface area contributed by atoms with Crippen LogP contribution in [-0.2, 0) is 29.1 Å². The van der Waals surface area contributed by atoms with Gasteiger partial charge in [0.1, 0.15) is 23.7 Å². The van der Waals surface area contributed by atoms with Crippen LogP contribution < -0.4 is 15.2 Å². The number of fused-ring (bicyclic) bond motifs is 1. The number of hydrogen-bond acceptors (Lipinski definition) is 6. The Hall–Kier alpha value is -3.98. The first-order chi connectivity index (χ1) is 17.3. The lowest BCUT2D eigenvalue weighted by molar-refractivity contribution is -0.274. The van der Waals surface area contributed by atoms with Gasteiger partial charge < -0.3 is 24.4 Å². The Balaban J connectivity index is 1.61. The third-order valence-corrected chi connectivity index (χ3v) is 5.45. The van der Waals surface area contributed by atoms with Crippen molar-refractivity contribution in [3.05, 3.63) is 83.6 Å². The van der Waals surface area contributed by atoms with Gasteiger partial charge in [0.15, 0.2) is 0 Å². The molecule has 36 heavy (non-hydrogen) atoms. The number of nitrogens with two attached hydrogens (primary N) is 1. The van der Waals surface area contributed by atoms with Crippen LogP contribution in [0.5, 0.6) is 11.5 Å². The average Bonchev–Trinajstić information content (AvgIpc) is 3.25. The van der Waals surface area contributed by atoms with Gasteiger partial charge >= 0.3 is 12.3 Å². The number of carbonyl (C=O) groups is 1. The van der Waals surface area contributed by atoms with E-state index in [1.807, 2.05) is 42.5 Å². The van der Waals surface area contributed by atoms with Gasteiger partial charge in [-0.3, -0.25) is 4.79 Å². The van der Waals surface area contributed by atoms with Crippen LogP contribution in [0.4, 0.5) is 13.2 Å². The number of esters is 1. The first kappa shape index (κ1) is 25.1. The number of alkyl halides is 3. The second kappa shape index (κ2) is 10.7. The second-order valence-corrected chi connectivity index (χ2v) is 7.96. The highest BCUT2D eigenvalue weighted by Crippen LogP contribution is 2.32. The molecule has 4 rings (SSSR count). The maximum Gasteiger partial charge on any atom is 0.573 e. The van der Waals surface area contributed by atoms with Crippen molar-refractivity contribution in [1.82, 2.24) is 0 Å². The summed E-state index contributed by atoms with van der Waals surface area (Å²) >= 11 is 0. The fourth-order valence-electron chi connectivity index (χ4n) is 3.79. The Morgan fingerprint density at radius 3 is 2.56 bits per heavy atom. The summed E-state index contributed by atoms with van der Waals surface area (Å²) in [6.45, 7) is 2.26. The Morgan fingerprint density at radius 2 is 1.81 bits per heavy atom. The maximum absolute atomic E-state index is 12.7. The topological polar surface area (TPSA) is 83.9 Å². The zero-order valence-corrected chi connectivity index (χ0v) is 19.4. The number of rotatable bonds is 9. The number of furan rings is 1. The SMILES string of the molecule is CCOC(=O)Cc1ccc(OC(F)(F)F)cc1OCc1coc2ccc(-c3cccc(CN)c3)cc12. The smallest absolute Gasteiger partial charge is 0.488 e. The predicted octanol–water partition coefficient (Wildman–Crippen LogP) is 6.14. The van der Waals surface area contributed by atoms with Crippen molar-refractivity contribution in [3.63, 3.8) is 0 Å². The van der Waals surface area contributed by atoms with Crippen LogP contribution in [-0.4, -0.2) is 18.9 Å². The molecule has 0 aliphatic heterocycles. The fourth-order valence-corrected chi connectivity index (χ4v) is 3.79. The Morgan fingerprint density at radius 1 is 1.00 bits per heavy atom. The van der Waals surface area contributed by atoms with E-state index in [9.17, 15) is 18.0 Å². The van der Waals surface area contributed by atoms with Crippen LogP contribution in [0, 0.1) is 0 Å². The lowest BCUT2D eigenvalue weighted by Crippen LogP contribution is -2.17. The van der Waals surface area contributed by atoms with E-state index >= 15 is 0 Å². The molecule has 0 bridgehead atoms. The summed E-state index contributed by atoms with van der Waals surface area (Å²) in [6, 6.07) is 17.2. The van der Waals surface area contributed by atoms with E-state index in [0.29, 0.717) is 23.3 Å². The highest BCUT2D eigenvalue weighted by atomic mass is 19.4. The number of benzene rings is 3. The van der Waals surface area contributed by atoms with E-state index in [2.05, 4.69) is 4.74 Å². The van der Waals surface area contributed by atoms with Crippen LogP contribution in [0.15, 0.2) is 71.3 Å². The molecule has 0 aliphatic carbocycles. The summed E-state index contributed by atoms with van der Waals surface area (Å²) in [4.78, 5) is 12.0. The molecule has 0 saturated heterocycles. The third-order valence-electron chi connectivity index (χ3n) is 5.45. The van der Waals surface area contributed by atoms with Gasteiger partial charge in [-0.05, 0) is 47.9 Å². The normalized spacial score (nSPS) is 11.5. The molecule has 0 fully saturated rings. The van der Waals surface area contributed by atoms with Crippen molar-refractivity contribution in [3.8, 4) is 22.6 Å². The molecule has 2 N–H and O–H groups in total. The van der Waals surface area contributed by atoms with E-state index in [1.165, 1.54) is 12.3 Å². The van der Waals surface area contributed by atoms with E-state index < -0.39 is 18.1 Å². The summed E-state index contributed by atoms with van der Waals surface area (Å²) in [5.41, 5.74) is 10.4. The van der Waals surface area contributed by atoms with E-state index in [0.717, 1.165) is 34.2 Å². The first-order valence-electron chi connectivity index (χ1n) is 11.2. The maximum atomic E-state index is 12.7. The Bertz CT molecular complexity index is 1360. The van der Waals surface area contributed by atoms with Crippen LogP contribution in [0.3, 0.4) is 0 Å². The van der Waals surface area contributed by atoms with Crippen LogP contribution in [0.25, 0.3) is 22.1 Å². The average molecular weight is 499 g/mol. The van der Waals surface area contributed by atoms with Crippen LogP contribution in [0.1, 0.15) is 23.6 Å². The molecule has 1 aromatic heterocycles. The molecule has 9 heteroatoms. The van der Waals surface area contributed by atoms with Crippen LogP contribution in [0.2, 0.25) is 0 Å². The molecule has 0 aliphatic rings. The summed E-state index contributed by atoms with van der Waals surface area (Å²) in [7, 11) is 0. The molecular formula is C27H24F3NO5. The molecule has 6 nitrogen and oxygen atoms in total. The minimum absolute atomic E-state index is 0.00934. The molecule has 188 valence electrons.